The lowest BCUT2D eigenvalue weighted by Crippen LogP contribution is -2.31. The van der Waals surface area contributed by atoms with Crippen molar-refractivity contribution in [2.75, 3.05) is 0 Å². The molecule has 0 bridgehead atoms. The molecule has 1 aliphatic carbocycles. The van der Waals surface area contributed by atoms with Crippen molar-refractivity contribution in [1.82, 2.24) is 20.1 Å². The topological polar surface area (TPSA) is 59.8 Å². The Hall–Kier alpha value is -2.17. The molecule has 1 fully saturated rings. The van der Waals surface area contributed by atoms with Gasteiger partial charge >= 0.3 is 0 Å². The van der Waals surface area contributed by atoms with Crippen molar-refractivity contribution in [2.45, 2.75) is 45.7 Å². The van der Waals surface area contributed by atoms with Gasteiger partial charge in [0.1, 0.15) is 5.69 Å². The Morgan fingerprint density at radius 1 is 1.32 bits per heavy atom. The summed E-state index contributed by atoms with van der Waals surface area (Å²) < 4.78 is 1.80. The molecule has 0 aromatic carbocycles. The fourth-order valence-electron chi connectivity index (χ4n) is 2.56. The lowest BCUT2D eigenvalue weighted by Gasteiger charge is -2.17. The first-order valence-electron chi connectivity index (χ1n) is 7.84. The quantitative estimate of drug-likeness (QED) is 0.923. The van der Waals surface area contributed by atoms with E-state index in [-0.39, 0.29) is 18.0 Å². The fraction of sp³-hybridized carbons (Fsp3) is 0.471. The molecule has 1 atom stereocenters. The second-order valence-electron chi connectivity index (χ2n) is 6.27. The molecule has 0 spiro atoms. The number of rotatable bonds is 5. The maximum atomic E-state index is 12.5. The average Bonchev–Trinajstić information content (AvgIpc) is 3.19. The average molecular weight is 298 g/mol. The van der Waals surface area contributed by atoms with Gasteiger partial charge in [-0.15, -0.1) is 0 Å². The van der Waals surface area contributed by atoms with Gasteiger partial charge in [0, 0.05) is 17.9 Å². The summed E-state index contributed by atoms with van der Waals surface area (Å²) in [6, 6.07) is 7.95. The molecule has 1 amide bonds. The molecule has 5 heteroatoms. The van der Waals surface area contributed by atoms with Crippen LogP contribution in [0.15, 0.2) is 30.5 Å². The number of hydrogen-bond donors (Lipinski definition) is 1. The second kappa shape index (κ2) is 5.91. The SMILES string of the molecule is Cc1cccc([C@@H](NC(=O)c2ccn(C(C)C)n2)C2CC2)n1. The lowest BCUT2D eigenvalue weighted by molar-refractivity contribution is 0.0924. The minimum atomic E-state index is -0.125. The van der Waals surface area contributed by atoms with Gasteiger partial charge in [-0.25, -0.2) is 0 Å². The summed E-state index contributed by atoms with van der Waals surface area (Å²) in [5, 5.41) is 7.45. The molecule has 2 aromatic heterocycles. The van der Waals surface area contributed by atoms with E-state index >= 15 is 0 Å². The van der Waals surface area contributed by atoms with Crippen molar-refractivity contribution >= 4 is 5.91 Å². The summed E-state index contributed by atoms with van der Waals surface area (Å²) in [5.41, 5.74) is 2.38. The third-order valence-corrected chi connectivity index (χ3v) is 3.98. The Labute approximate surface area is 130 Å². The molecule has 2 aromatic rings. The molecule has 0 radical (unpaired) electrons. The monoisotopic (exact) mass is 298 g/mol. The Morgan fingerprint density at radius 3 is 2.68 bits per heavy atom. The van der Waals surface area contributed by atoms with E-state index in [4.69, 9.17) is 0 Å². The van der Waals surface area contributed by atoms with Crippen LogP contribution in [0.25, 0.3) is 0 Å². The van der Waals surface area contributed by atoms with Crippen LogP contribution in [-0.2, 0) is 0 Å². The number of carbonyl (C=O) groups excluding carboxylic acids is 1. The predicted molar refractivity (Wildman–Crippen MR) is 84.5 cm³/mol. The van der Waals surface area contributed by atoms with E-state index in [1.54, 1.807) is 10.7 Å². The smallest absolute Gasteiger partial charge is 0.272 e. The maximum absolute atomic E-state index is 12.5. The summed E-state index contributed by atoms with van der Waals surface area (Å²) >= 11 is 0. The van der Waals surface area contributed by atoms with Gasteiger partial charge in [0.2, 0.25) is 0 Å². The van der Waals surface area contributed by atoms with Crippen LogP contribution >= 0.6 is 0 Å². The van der Waals surface area contributed by atoms with Crippen molar-refractivity contribution in [3.05, 3.63) is 47.5 Å². The third kappa shape index (κ3) is 3.18. The first kappa shape index (κ1) is 14.8. The number of nitrogens with one attached hydrogen (secondary N) is 1. The van der Waals surface area contributed by atoms with Gasteiger partial charge in [-0.2, -0.15) is 5.10 Å². The fourth-order valence-corrected chi connectivity index (χ4v) is 2.56. The van der Waals surface area contributed by atoms with Crippen molar-refractivity contribution in [3.8, 4) is 0 Å². The second-order valence-corrected chi connectivity index (χ2v) is 6.27. The van der Waals surface area contributed by atoms with Gasteiger partial charge in [0.15, 0.2) is 0 Å². The van der Waals surface area contributed by atoms with Crippen LogP contribution in [0.1, 0.15) is 60.6 Å². The van der Waals surface area contributed by atoms with Gasteiger partial charge in [0.05, 0.1) is 11.7 Å². The van der Waals surface area contributed by atoms with Gasteiger partial charge < -0.3 is 5.32 Å². The summed E-state index contributed by atoms with van der Waals surface area (Å²) in [6.45, 7) is 6.05. The number of carbonyl (C=O) groups is 1. The Balaban J connectivity index is 1.77. The van der Waals surface area contributed by atoms with Gasteiger partial charge in [-0.3, -0.25) is 14.5 Å². The van der Waals surface area contributed by atoms with E-state index < -0.39 is 0 Å². The normalized spacial score (nSPS) is 15.8. The van der Waals surface area contributed by atoms with Crippen LogP contribution in [0.5, 0.6) is 0 Å². The molecule has 1 aliphatic rings. The van der Waals surface area contributed by atoms with Gasteiger partial charge in [0.25, 0.3) is 5.91 Å². The van der Waals surface area contributed by atoms with Crippen LogP contribution in [0.4, 0.5) is 0 Å². The van der Waals surface area contributed by atoms with Crippen LogP contribution in [-0.4, -0.2) is 20.7 Å². The number of aromatic nitrogens is 3. The molecule has 0 unspecified atom stereocenters. The zero-order chi connectivity index (χ0) is 15.7. The van der Waals surface area contributed by atoms with E-state index in [0.717, 1.165) is 24.2 Å². The summed E-state index contributed by atoms with van der Waals surface area (Å²) in [5.74, 6) is 0.366. The van der Waals surface area contributed by atoms with Crippen LogP contribution in [0.3, 0.4) is 0 Å². The lowest BCUT2D eigenvalue weighted by atomic mass is 10.1. The van der Waals surface area contributed by atoms with E-state index in [1.807, 2.05) is 45.2 Å². The largest absolute Gasteiger partial charge is 0.342 e. The molecule has 1 N–H and O–H groups in total. The molecule has 3 rings (SSSR count). The molecule has 5 nitrogen and oxygen atoms in total. The van der Waals surface area contributed by atoms with Crippen LogP contribution in [0.2, 0.25) is 0 Å². The Bertz CT molecular complexity index is 673. The standard InChI is InChI=1S/C17H22N4O/c1-11(2)21-10-9-15(20-21)17(22)19-16(13-7-8-13)14-6-4-5-12(3)18-14/h4-6,9-11,13,16H,7-8H2,1-3H3,(H,19,22)/t16-/m0/s1. The minimum absolute atomic E-state index is 0.0170. The zero-order valence-electron chi connectivity index (χ0n) is 13.3. The molecule has 22 heavy (non-hydrogen) atoms. The first-order chi connectivity index (χ1) is 10.5. The molecular formula is C17H22N4O. The Kier molecular flexibility index (Phi) is 3.96. The molecule has 2 heterocycles. The number of aryl methyl sites for hydroxylation is 1. The number of amides is 1. The van der Waals surface area contributed by atoms with Crippen molar-refractivity contribution in [3.63, 3.8) is 0 Å². The number of pyridine rings is 1. The Morgan fingerprint density at radius 2 is 2.09 bits per heavy atom. The van der Waals surface area contributed by atoms with E-state index in [1.165, 1.54) is 0 Å². The highest BCUT2D eigenvalue weighted by Crippen LogP contribution is 2.40. The zero-order valence-corrected chi connectivity index (χ0v) is 13.3. The van der Waals surface area contributed by atoms with E-state index in [0.29, 0.717) is 11.6 Å². The van der Waals surface area contributed by atoms with Crippen molar-refractivity contribution in [1.29, 1.82) is 0 Å². The third-order valence-electron chi connectivity index (χ3n) is 3.98. The highest BCUT2D eigenvalue weighted by Gasteiger charge is 2.34. The molecule has 0 saturated heterocycles. The van der Waals surface area contributed by atoms with E-state index in [2.05, 4.69) is 15.4 Å². The van der Waals surface area contributed by atoms with Crippen molar-refractivity contribution < 1.29 is 4.79 Å². The highest BCUT2D eigenvalue weighted by atomic mass is 16.2. The molecule has 1 saturated carbocycles. The number of nitrogens with zero attached hydrogens (tertiary/aromatic N) is 3. The highest BCUT2D eigenvalue weighted by molar-refractivity contribution is 5.92. The summed E-state index contributed by atoms with van der Waals surface area (Å²) in [6.07, 6.45) is 4.12. The predicted octanol–water partition coefficient (Wildman–Crippen LogP) is 3.05. The molecule has 0 aliphatic heterocycles. The van der Waals surface area contributed by atoms with Crippen molar-refractivity contribution in [2.24, 2.45) is 5.92 Å². The van der Waals surface area contributed by atoms with Gasteiger partial charge in [-0.05, 0) is 57.7 Å². The first-order valence-corrected chi connectivity index (χ1v) is 7.84. The van der Waals surface area contributed by atoms with Crippen LogP contribution < -0.4 is 5.32 Å². The summed E-state index contributed by atoms with van der Waals surface area (Å²) in [4.78, 5) is 17.0. The van der Waals surface area contributed by atoms with Crippen LogP contribution in [0, 0.1) is 12.8 Å². The summed E-state index contributed by atoms with van der Waals surface area (Å²) in [7, 11) is 0. The van der Waals surface area contributed by atoms with E-state index in [9.17, 15) is 4.79 Å². The number of hydrogen-bond acceptors (Lipinski definition) is 3. The maximum Gasteiger partial charge on any atom is 0.272 e. The minimum Gasteiger partial charge on any atom is -0.342 e. The van der Waals surface area contributed by atoms with Gasteiger partial charge in [-0.1, -0.05) is 6.07 Å². The molecule has 116 valence electrons. The molecular weight excluding hydrogens is 276 g/mol.